The lowest BCUT2D eigenvalue weighted by Gasteiger charge is -2.32. The predicted molar refractivity (Wildman–Crippen MR) is 165 cm³/mol. The topological polar surface area (TPSA) is 145 Å². The van der Waals surface area contributed by atoms with Gasteiger partial charge in [0.15, 0.2) is 21.3 Å². The van der Waals surface area contributed by atoms with Gasteiger partial charge in [-0.1, -0.05) is 18.2 Å². The molecule has 1 aliphatic heterocycles. The van der Waals surface area contributed by atoms with E-state index in [-0.39, 0.29) is 17.6 Å². The van der Waals surface area contributed by atoms with Crippen LogP contribution in [-0.4, -0.2) is 76.0 Å². The number of piperidine rings is 1. The fourth-order valence-corrected chi connectivity index (χ4v) is 6.38. The average molecular weight is 594 g/mol. The van der Waals surface area contributed by atoms with Gasteiger partial charge in [0, 0.05) is 6.54 Å². The van der Waals surface area contributed by atoms with Crippen LogP contribution in [0.1, 0.15) is 52.0 Å². The summed E-state index contributed by atoms with van der Waals surface area (Å²) >= 11 is 0. The maximum atomic E-state index is 13.0. The van der Waals surface area contributed by atoms with Crippen molar-refractivity contribution in [1.29, 1.82) is 0 Å². The lowest BCUT2D eigenvalue weighted by molar-refractivity contribution is 0.164. The van der Waals surface area contributed by atoms with E-state index in [0.29, 0.717) is 52.5 Å². The van der Waals surface area contributed by atoms with Crippen LogP contribution in [0.25, 0.3) is 11.2 Å². The fourth-order valence-electron chi connectivity index (χ4n) is 5.18. The molecular weight excluding hydrogens is 554 g/mol. The maximum absolute atomic E-state index is 13.0. The Morgan fingerprint density at radius 1 is 1.05 bits per heavy atom. The molecule has 5 rings (SSSR count). The zero-order chi connectivity index (χ0) is 29.9. The molecule has 1 aliphatic rings. The van der Waals surface area contributed by atoms with Crippen LogP contribution in [0.15, 0.2) is 53.7 Å². The highest BCUT2D eigenvalue weighted by atomic mass is 32.2. The number of benzene rings is 2. The number of hydrogen-bond acceptors (Lipinski definition) is 10. The zero-order valence-electron chi connectivity index (χ0n) is 24.5. The monoisotopic (exact) mass is 593 g/mol. The number of nitrogens with one attached hydrogen (secondary N) is 3. The molecule has 0 saturated carbocycles. The number of anilines is 4. The van der Waals surface area contributed by atoms with Gasteiger partial charge in [0.25, 0.3) is 0 Å². The third-order valence-electron chi connectivity index (χ3n) is 7.44. The summed E-state index contributed by atoms with van der Waals surface area (Å²) in [6, 6.07) is 13.0. The van der Waals surface area contributed by atoms with Gasteiger partial charge in [0.2, 0.25) is 5.95 Å². The molecule has 0 bridgehead atoms. The molecule has 1 fully saturated rings. The number of likely N-dealkylation sites (tertiary alicyclic amines) is 1. The number of β-amino-alcohol motifs (C(OH)–C–C–N with tert-alkyl or cyclic N) is 1. The summed E-state index contributed by atoms with van der Waals surface area (Å²) < 4.78 is 32.3. The minimum absolute atomic E-state index is 0.0430. The minimum atomic E-state index is -3.54. The van der Waals surface area contributed by atoms with Crippen molar-refractivity contribution in [3.63, 3.8) is 0 Å². The third kappa shape index (κ3) is 6.50. The first-order chi connectivity index (χ1) is 20.2. The number of hydrogen-bond donors (Lipinski definition) is 4. The van der Waals surface area contributed by atoms with Crippen molar-refractivity contribution < 1.29 is 18.3 Å². The van der Waals surface area contributed by atoms with Crippen molar-refractivity contribution in [3.8, 4) is 5.75 Å². The van der Waals surface area contributed by atoms with Crippen LogP contribution in [0, 0.1) is 0 Å². The quantitative estimate of drug-likeness (QED) is 0.188. The number of ether oxygens (including phenoxy) is 1. The lowest BCUT2D eigenvalue weighted by atomic mass is 9.89. The van der Waals surface area contributed by atoms with Crippen LogP contribution in [0.5, 0.6) is 5.75 Å². The van der Waals surface area contributed by atoms with Crippen molar-refractivity contribution in [2.45, 2.75) is 62.7 Å². The van der Waals surface area contributed by atoms with Gasteiger partial charge in [-0.2, -0.15) is 9.97 Å². The standard InChI is InChI=1S/C30H39N7O4S/c1-19(2)41-25-17-22(21-11-13-37(14-12-21)15-16-38)9-10-23(25)34-30-35-28-27(31-18-32-28)29(36-30)33-24-7-5-6-8-26(24)42(39,40)20(3)4/h5-10,17-21,38H,11-16H2,1-4H3,(H3,31,32,33,34,35,36). The molecule has 0 atom stereocenters. The van der Waals surface area contributed by atoms with Gasteiger partial charge in [0.1, 0.15) is 11.3 Å². The molecule has 224 valence electrons. The molecule has 0 amide bonds. The first-order valence-corrected chi connectivity index (χ1v) is 15.9. The van der Waals surface area contributed by atoms with Crippen LogP contribution >= 0.6 is 0 Å². The highest BCUT2D eigenvalue weighted by Crippen LogP contribution is 2.36. The number of aromatic amines is 1. The summed E-state index contributed by atoms with van der Waals surface area (Å²) in [4.78, 5) is 19.2. The summed E-state index contributed by atoms with van der Waals surface area (Å²) in [6.07, 6.45) is 3.53. The van der Waals surface area contributed by atoms with Crippen LogP contribution in [-0.2, 0) is 9.84 Å². The smallest absolute Gasteiger partial charge is 0.231 e. The normalized spacial score (nSPS) is 15.0. The first-order valence-electron chi connectivity index (χ1n) is 14.4. The van der Waals surface area contributed by atoms with Crippen molar-refractivity contribution in [2.75, 3.05) is 36.9 Å². The van der Waals surface area contributed by atoms with E-state index in [4.69, 9.17) is 9.72 Å². The Morgan fingerprint density at radius 3 is 2.52 bits per heavy atom. The van der Waals surface area contributed by atoms with E-state index in [1.807, 2.05) is 19.9 Å². The number of aliphatic hydroxyl groups excluding tert-OH is 1. The summed E-state index contributed by atoms with van der Waals surface area (Å²) in [6.45, 7) is 10.1. The molecule has 42 heavy (non-hydrogen) atoms. The molecule has 3 heterocycles. The Hall–Kier alpha value is -3.74. The summed E-state index contributed by atoms with van der Waals surface area (Å²) in [7, 11) is -3.54. The number of sulfone groups is 1. The van der Waals surface area contributed by atoms with Crippen molar-refractivity contribution in [1.82, 2.24) is 24.8 Å². The van der Waals surface area contributed by atoms with Gasteiger partial charge < -0.3 is 30.4 Å². The summed E-state index contributed by atoms with van der Waals surface area (Å²) in [5.74, 6) is 1.80. The van der Waals surface area contributed by atoms with E-state index >= 15 is 0 Å². The Balaban J connectivity index is 1.45. The molecule has 4 aromatic rings. The van der Waals surface area contributed by atoms with Gasteiger partial charge in [0.05, 0.1) is 40.6 Å². The number of nitrogens with zero attached hydrogens (tertiary/aromatic N) is 4. The second kappa shape index (κ2) is 12.6. The van der Waals surface area contributed by atoms with E-state index in [0.717, 1.165) is 25.9 Å². The SMILES string of the molecule is CC(C)Oc1cc(C2CCN(CCO)CC2)ccc1Nc1nc(Nc2ccccc2S(=O)(=O)C(C)C)c2[nH]cnc2n1. The molecule has 4 N–H and O–H groups in total. The second-order valence-corrected chi connectivity index (χ2v) is 13.6. The summed E-state index contributed by atoms with van der Waals surface area (Å²) in [5, 5.41) is 15.2. The molecule has 1 saturated heterocycles. The van der Waals surface area contributed by atoms with E-state index in [9.17, 15) is 13.5 Å². The molecule has 2 aromatic heterocycles. The zero-order valence-corrected chi connectivity index (χ0v) is 25.3. The number of aliphatic hydroxyl groups is 1. The van der Waals surface area contributed by atoms with Gasteiger partial charge in [-0.15, -0.1) is 0 Å². The van der Waals surface area contributed by atoms with Crippen molar-refractivity contribution in [3.05, 3.63) is 54.4 Å². The number of imidazole rings is 1. The van der Waals surface area contributed by atoms with Gasteiger partial charge in [-0.05, 0) is 89.4 Å². The van der Waals surface area contributed by atoms with E-state index in [1.165, 1.54) is 11.9 Å². The number of aromatic nitrogens is 4. The molecule has 0 spiro atoms. The molecule has 0 radical (unpaired) electrons. The second-order valence-electron chi connectivity index (χ2n) is 11.1. The molecule has 11 nitrogen and oxygen atoms in total. The van der Waals surface area contributed by atoms with Gasteiger partial charge >= 0.3 is 0 Å². The molecular formula is C30H39N7O4S. The van der Waals surface area contributed by atoms with E-state index < -0.39 is 15.1 Å². The Bertz CT molecular complexity index is 1630. The lowest BCUT2D eigenvalue weighted by Crippen LogP contribution is -2.34. The molecule has 0 unspecified atom stereocenters. The number of para-hydroxylation sites is 1. The van der Waals surface area contributed by atoms with Crippen LogP contribution in [0.2, 0.25) is 0 Å². The number of rotatable bonds is 11. The molecule has 2 aromatic carbocycles. The van der Waals surface area contributed by atoms with E-state index in [1.54, 1.807) is 38.1 Å². The highest BCUT2D eigenvalue weighted by molar-refractivity contribution is 7.92. The van der Waals surface area contributed by atoms with Crippen molar-refractivity contribution in [2.24, 2.45) is 0 Å². The first kappa shape index (κ1) is 29.7. The fraction of sp³-hybridized carbons (Fsp3) is 0.433. The largest absolute Gasteiger partial charge is 0.489 e. The Labute approximate surface area is 246 Å². The molecule has 12 heteroatoms. The minimum Gasteiger partial charge on any atom is -0.489 e. The van der Waals surface area contributed by atoms with Gasteiger partial charge in [-0.3, -0.25) is 0 Å². The van der Waals surface area contributed by atoms with Crippen LogP contribution in [0.3, 0.4) is 0 Å². The maximum Gasteiger partial charge on any atom is 0.231 e. The van der Waals surface area contributed by atoms with Crippen LogP contribution in [0.4, 0.5) is 23.1 Å². The Kier molecular flexibility index (Phi) is 8.95. The van der Waals surface area contributed by atoms with E-state index in [2.05, 4.69) is 42.6 Å². The third-order valence-corrected chi connectivity index (χ3v) is 9.65. The summed E-state index contributed by atoms with van der Waals surface area (Å²) in [5.41, 5.74) is 3.34. The Morgan fingerprint density at radius 2 is 1.81 bits per heavy atom. The molecule has 0 aliphatic carbocycles. The number of H-pyrrole nitrogens is 1. The predicted octanol–water partition coefficient (Wildman–Crippen LogP) is 4.98. The van der Waals surface area contributed by atoms with Crippen molar-refractivity contribution >= 4 is 44.1 Å². The number of fused-ring (bicyclic) bond motifs is 1. The highest BCUT2D eigenvalue weighted by Gasteiger charge is 2.24. The van der Waals surface area contributed by atoms with Gasteiger partial charge in [-0.25, -0.2) is 13.4 Å². The van der Waals surface area contributed by atoms with Crippen LogP contribution < -0.4 is 15.4 Å². The average Bonchev–Trinajstić information content (AvgIpc) is 3.44.